The van der Waals surface area contributed by atoms with Gasteiger partial charge in [-0.25, -0.2) is 18.1 Å². The SMILES string of the molecule is CNS(=O)(=NC(=O)Nc1c2c(c(F)c3c1CCC3)CC=C2)c1cc(C(C)(C)O)cs1. The number of carbonyl (C=O) groups excluding carboxylic acids is 1. The molecular weight excluding hydrogens is 425 g/mol. The van der Waals surface area contributed by atoms with Gasteiger partial charge in [-0.2, -0.15) is 0 Å². The van der Waals surface area contributed by atoms with Gasteiger partial charge in [-0.3, -0.25) is 0 Å². The molecule has 1 unspecified atom stereocenters. The highest BCUT2D eigenvalue weighted by Gasteiger charge is 2.28. The number of aliphatic hydroxyl groups is 1. The van der Waals surface area contributed by atoms with Gasteiger partial charge in [0.2, 0.25) is 0 Å². The monoisotopic (exact) mass is 449 g/mol. The molecule has 0 spiro atoms. The molecule has 0 radical (unpaired) electrons. The van der Waals surface area contributed by atoms with Crippen molar-refractivity contribution in [1.82, 2.24) is 4.72 Å². The average Bonchev–Trinajstić information content (AvgIpc) is 3.44. The largest absolute Gasteiger partial charge is 0.386 e. The molecule has 2 aliphatic rings. The predicted molar refractivity (Wildman–Crippen MR) is 118 cm³/mol. The molecule has 160 valence electrons. The highest BCUT2D eigenvalue weighted by molar-refractivity contribution is 7.94. The summed E-state index contributed by atoms with van der Waals surface area (Å²) in [5.74, 6) is -0.172. The van der Waals surface area contributed by atoms with E-state index in [0.29, 0.717) is 51.4 Å². The maximum atomic E-state index is 14.8. The van der Waals surface area contributed by atoms with E-state index < -0.39 is 21.5 Å². The first kappa shape index (κ1) is 21.2. The molecule has 1 atom stereocenters. The first-order valence-electron chi connectivity index (χ1n) is 9.74. The third kappa shape index (κ3) is 3.60. The number of rotatable bonds is 4. The molecule has 0 aliphatic heterocycles. The fraction of sp³-hybridized carbons (Fsp3) is 0.381. The number of carbonyl (C=O) groups is 1. The third-order valence-electron chi connectivity index (χ3n) is 5.53. The van der Waals surface area contributed by atoms with E-state index in [1.165, 1.54) is 18.4 Å². The Bertz CT molecular complexity index is 1180. The van der Waals surface area contributed by atoms with E-state index in [1.54, 1.807) is 25.3 Å². The molecule has 30 heavy (non-hydrogen) atoms. The van der Waals surface area contributed by atoms with Crippen LogP contribution in [0.2, 0.25) is 0 Å². The van der Waals surface area contributed by atoms with Crippen LogP contribution in [0.5, 0.6) is 0 Å². The second kappa shape index (κ2) is 7.56. The number of thiophene rings is 1. The molecule has 0 bridgehead atoms. The van der Waals surface area contributed by atoms with Crippen LogP contribution in [0.1, 0.15) is 48.1 Å². The standard InChI is InChI=1S/C21H24FN3O3S2/c1-21(2,27)12-10-17(29-11-12)30(28,23-3)25-20(26)24-19-15-8-4-6-13(15)18(22)14-7-5-9-16(14)19/h4,8,10-11,27H,5-7,9H2,1-3H3,(H2,23,24,25,26,28). The van der Waals surface area contributed by atoms with E-state index in [-0.39, 0.29) is 5.82 Å². The minimum absolute atomic E-state index is 0.172. The van der Waals surface area contributed by atoms with E-state index in [9.17, 15) is 18.5 Å². The molecule has 0 saturated heterocycles. The number of benzene rings is 1. The molecule has 2 amide bonds. The zero-order chi connectivity index (χ0) is 21.7. The Labute approximate surface area is 179 Å². The van der Waals surface area contributed by atoms with Gasteiger partial charge in [-0.05, 0) is 74.7 Å². The second-order valence-corrected chi connectivity index (χ2v) is 11.2. The Morgan fingerprint density at radius 3 is 2.70 bits per heavy atom. The van der Waals surface area contributed by atoms with Crippen LogP contribution in [0.25, 0.3) is 6.08 Å². The van der Waals surface area contributed by atoms with Crippen LogP contribution in [0.3, 0.4) is 0 Å². The minimum atomic E-state index is -3.22. The number of halogens is 1. The Kier molecular flexibility index (Phi) is 5.34. The van der Waals surface area contributed by atoms with Gasteiger partial charge in [0.15, 0.2) is 9.92 Å². The Balaban J connectivity index is 1.71. The summed E-state index contributed by atoms with van der Waals surface area (Å²) in [4.78, 5) is 12.8. The molecule has 2 aliphatic carbocycles. The highest BCUT2D eigenvalue weighted by Crippen LogP contribution is 2.40. The number of amides is 2. The van der Waals surface area contributed by atoms with Crippen molar-refractivity contribution < 1.29 is 18.5 Å². The lowest BCUT2D eigenvalue weighted by Crippen LogP contribution is -2.22. The quantitative estimate of drug-likeness (QED) is 0.648. The molecular formula is C21H24FN3O3S2. The normalized spacial score (nSPS) is 16.8. The van der Waals surface area contributed by atoms with Crippen LogP contribution in [0, 0.1) is 5.82 Å². The Morgan fingerprint density at radius 2 is 2.03 bits per heavy atom. The molecule has 1 aromatic carbocycles. The molecule has 2 aromatic rings. The van der Waals surface area contributed by atoms with E-state index in [4.69, 9.17) is 0 Å². The number of hydrogen-bond acceptors (Lipinski definition) is 4. The summed E-state index contributed by atoms with van der Waals surface area (Å²) in [6.07, 6.45) is 6.35. The molecule has 0 saturated carbocycles. The van der Waals surface area contributed by atoms with Crippen molar-refractivity contribution in [2.24, 2.45) is 4.36 Å². The third-order valence-corrected chi connectivity index (χ3v) is 8.85. The molecule has 4 rings (SSSR count). The van der Waals surface area contributed by atoms with Crippen LogP contribution in [0.4, 0.5) is 14.9 Å². The van der Waals surface area contributed by atoms with Crippen molar-refractivity contribution in [3.8, 4) is 0 Å². The van der Waals surface area contributed by atoms with Crippen molar-refractivity contribution in [1.29, 1.82) is 0 Å². The number of anilines is 1. The number of hydrogen-bond donors (Lipinski definition) is 3. The van der Waals surface area contributed by atoms with Crippen LogP contribution >= 0.6 is 11.3 Å². The molecule has 0 fully saturated rings. The Morgan fingerprint density at radius 1 is 1.30 bits per heavy atom. The van der Waals surface area contributed by atoms with E-state index in [0.717, 1.165) is 12.0 Å². The van der Waals surface area contributed by atoms with Crippen LogP contribution < -0.4 is 10.0 Å². The lowest BCUT2D eigenvalue weighted by molar-refractivity contribution is 0.0789. The van der Waals surface area contributed by atoms with Crippen LogP contribution in [-0.2, 0) is 34.8 Å². The fourth-order valence-corrected chi connectivity index (χ4v) is 6.69. The van der Waals surface area contributed by atoms with Gasteiger partial charge in [-0.15, -0.1) is 15.7 Å². The molecule has 6 nitrogen and oxygen atoms in total. The highest BCUT2D eigenvalue weighted by atomic mass is 32.2. The van der Waals surface area contributed by atoms with E-state index in [2.05, 4.69) is 14.4 Å². The lowest BCUT2D eigenvalue weighted by Gasteiger charge is -2.16. The summed E-state index contributed by atoms with van der Waals surface area (Å²) in [6.45, 7) is 3.26. The van der Waals surface area contributed by atoms with Crippen LogP contribution in [-0.4, -0.2) is 22.4 Å². The van der Waals surface area contributed by atoms with E-state index in [1.807, 2.05) is 12.2 Å². The van der Waals surface area contributed by atoms with E-state index >= 15 is 0 Å². The smallest absolute Gasteiger partial charge is 0.354 e. The average molecular weight is 450 g/mol. The van der Waals surface area contributed by atoms with Crippen molar-refractivity contribution in [3.63, 3.8) is 0 Å². The summed E-state index contributed by atoms with van der Waals surface area (Å²) in [5.41, 5.74) is 2.81. The zero-order valence-electron chi connectivity index (χ0n) is 17.0. The Hall–Kier alpha value is -2.07. The van der Waals surface area contributed by atoms with Crippen molar-refractivity contribution in [2.75, 3.05) is 12.4 Å². The van der Waals surface area contributed by atoms with Gasteiger partial charge in [-0.1, -0.05) is 12.2 Å². The van der Waals surface area contributed by atoms with Gasteiger partial charge in [0.25, 0.3) is 0 Å². The zero-order valence-corrected chi connectivity index (χ0v) is 18.7. The van der Waals surface area contributed by atoms with Gasteiger partial charge < -0.3 is 10.4 Å². The first-order chi connectivity index (χ1) is 14.1. The molecule has 1 aromatic heterocycles. The van der Waals surface area contributed by atoms with Gasteiger partial charge in [0.05, 0.1) is 11.3 Å². The number of nitrogens with one attached hydrogen (secondary N) is 2. The maximum absolute atomic E-state index is 14.8. The second-order valence-electron chi connectivity index (χ2n) is 7.96. The van der Waals surface area contributed by atoms with Crippen LogP contribution in [0.15, 0.2) is 26.1 Å². The predicted octanol–water partition coefficient (Wildman–Crippen LogP) is 4.37. The lowest BCUT2D eigenvalue weighted by atomic mass is 9.97. The number of nitrogens with zero attached hydrogens (tertiary/aromatic N) is 1. The summed E-state index contributed by atoms with van der Waals surface area (Å²) >= 11 is 1.17. The summed E-state index contributed by atoms with van der Waals surface area (Å²) in [7, 11) is -1.75. The molecule has 3 N–H and O–H groups in total. The number of fused-ring (bicyclic) bond motifs is 2. The number of allylic oxidation sites excluding steroid dienone is 1. The van der Waals surface area contributed by atoms with Gasteiger partial charge in [0, 0.05) is 11.1 Å². The summed E-state index contributed by atoms with van der Waals surface area (Å²) < 4.78 is 35.1. The number of urea groups is 1. The minimum Gasteiger partial charge on any atom is -0.386 e. The van der Waals surface area contributed by atoms with Gasteiger partial charge in [0.1, 0.15) is 10.0 Å². The maximum Gasteiger partial charge on any atom is 0.354 e. The summed E-state index contributed by atoms with van der Waals surface area (Å²) in [6, 6.07) is 0.840. The molecule has 1 heterocycles. The van der Waals surface area contributed by atoms with Crippen molar-refractivity contribution in [3.05, 3.63) is 51.2 Å². The topological polar surface area (TPSA) is 90.8 Å². The van der Waals surface area contributed by atoms with Gasteiger partial charge >= 0.3 is 6.03 Å². The summed E-state index contributed by atoms with van der Waals surface area (Å²) in [5, 5.41) is 14.6. The van der Waals surface area contributed by atoms with Crippen molar-refractivity contribution >= 4 is 39.0 Å². The fourth-order valence-electron chi connectivity index (χ4n) is 3.92. The van der Waals surface area contributed by atoms with Crippen molar-refractivity contribution in [2.45, 2.75) is 49.3 Å². The molecule has 9 heteroatoms. The first-order valence-corrected chi connectivity index (χ1v) is 12.1.